The monoisotopic (exact) mass is 224 g/mol. The maximum Gasteiger partial charge on any atom is 0.575 e. The van der Waals surface area contributed by atoms with E-state index in [1.54, 1.807) is 0 Å². The van der Waals surface area contributed by atoms with Crippen LogP contribution in [0, 0.1) is 0 Å². The molecule has 0 unspecified atom stereocenters. The molecule has 0 spiro atoms. The first-order valence-corrected chi connectivity index (χ1v) is 4.48. The first-order chi connectivity index (χ1) is 6.90. The first kappa shape index (κ1) is 11.9. The van der Waals surface area contributed by atoms with Crippen molar-refractivity contribution < 1.29 is 27.4 Å². The van der Waals surface area contributed by atoms with Crippen LogP contribution in [0.4, 0.5) is 13.2 Å². The third-order valence-electron chi connectivity index (χ3n) is 2.30. The second-order valence-electron chi connectivity index (χ2n) is 3.32. The Morgan fingerprint density at radius 3 is 2.27 bits per heavy atom. The second kappa shape index (κ2) is 4.12. The quantitative estimate of drug-likeness (QED) is 0.545. The van der Waals surface area contributed by atoms with Crippen LogP contribution in [0.5, 0.6) is 0 Å². The van der Waals surface area contributed by atoms with Gasteiger partial charge in [-0.05, 0) is 25.7 Å². The molecule has 3 nitrogen and oxygen atoms in total. The summed E-state index contributed by atoms with van der Waals surface area (Å²) in [5.74, 6) is -1.38. The lowest BCUT2D eigenvalue weighted by Crippen LogP contribution is -2.41. The highest BCUT2D eigenvalue weighted by atomic mass is 19.4. The van der Waals surface area contributed by atoms with Gasteiger partial charge in [-0.1, -0.05) is 6.58 Å². The molecule has 0 aliphatic heterocycles. The van der Waals surface area contributed by atoms with Crippen LogP contribution in [0.25, 0.3) is 0 Å². The molecule has 0 aromatic heterocycles. The predicted octanol–water partition coefficient (Wildman–Crippen LogP) is 2.52. The van der Waals surface area contributed by atoms with E-state index >= 15 is 0 Å². The third kappa shape index (κ3) is 2.87. The van der Waals surface area contributed by atoms with Gasteiger partial charge >= 0.3 is 12.3 Å². The van der Waals surface area contributed by atoms with Crippen LogP contribution in [0.15, 0.2) is 12.8 Å². The van der Waals surface area contributed by atoms with Crippen molar-refractivity contribution in [3.8, 4) is 0 Å². The zero-order valence-electron chi connectivity index (χ0n) is 7.97. The molecule has 0 aromatic rings. The Labute approximate surface area is 84.8 Å². The molecule has 6 heteroatoms. The summed E-state index contributed by atoms with van der Waals surface area (Å²) >= 11 is 0. The molecule has 1 aliphatic carbocycles. The summed E-state index contributed by atoms with van der Waals surface area (Å²) in [6.07, 6.45) is -2.25. The fraction of sp³-hybridized carbons (Fsp3) is 0.667. The molecule has 0 bridgehead atoms. The van der Waals surface area contributed by atoms with Crippen LogP contribution >= 0.6 is 0 Å². The van der Waals surface area contributed by atoms with Gasteiger partial charge in [0.25, 0.3) is 0 Å². The molecule has 0 radical (unpaired) electrons. The van der Waals surface area contributed by atoms with Gasteiger partial charge in [0.1, 0.15) is 0 Å². The minimum Gasteiger partial charge on any atom is -0.484 e. The molecule has 0 atom stereocenters. The van der Waals surface area contributed by atoms with E-state index < -0.39 is 17.9 Å². The third-order valence-corrected chi connectivity index (χ3v) is 2.30. The molecule has 1 rings (SSSR count). The molecule has 0 aromatic carbocycles. The summed E-state index contributed by atoms with van der Waals surface area (Å²) in [7, 11) is 0. The number of hydrogen-bond donors (Lipinski definition) is 0. The van der Waals surface area contributed by atoms with Gasteiger partial charge < -0.3 is 9.47 Å². The molecule has 1 saturated carbocycles. The van der Waals surface area contributed by atoms with Crippen molar-refractivity contribution in [1.29, 1.82) is 0 Å². The van der Waals surface area contributed by atoms with Crippen molar-refractivity contribution in [3.05, 3.63) is 12.8 Å². The molecule has 86 valence electrons. The Morgan fingerprint density at radius 1 is 1.33 bits per heavy atom. The number of esters is 1. The van der Waals surface area contributed by atoms with Gasteiger partial charge in [0.2, 0.25) is 5.60 Å². The summed E-state index contributed by atoms with van der Waals surface area (Å²) in [6, 6.07) is 0. The largest absolute Gasteiger partial charge is 0.575 e. The van der Waals surface area contributed by atoms with Gasteiger partial charge in [-0.15, -0.1) is 13.2 Å². The van der Waals surface area contributed by atoms with Crippen LogP contribution in [0.1, 0.15) is 25.7 Å². The zero-order chi connectivity index (χ0) is 11.5. The topological polar surface area (TPSA) is 35.5 Å². The lowest BCUT2D eigenvalue weighted by Gasteiger charge is -2.25. The van der Waals surface area contributed by atoms with Crippen molar-refractivity contribution in [3.63, 3.8) is 0 Å². The van der Waals surface area contributed by atoms with Crippen LogP contribution < -0.4 is 0 Å². The number of halogens is 3. The highest BCUT2D eigenvalue weighted by Crippen LogP contribution is 2.36. The summed E-state index contributed by atoms with van der Waals surface area (Å²) in [4.78, 5) is 11.3. The molecule has 15 heavy (non-hydrogen) atoms. The summed E-state index contributed by atoms with van der Waals surface area (Å²) < 4.78 is 43.8. The van der Waals surface area contributed by atoms with E-state index in [9.17, 15) is 18.0 Å². The molecule has 1 fully saturated rings. The van der Waals surface area contributed by atoms with Crippen molar-refractivity contribution in [2.75, 3.05) is 0 Å². The van der Waals surface area contributed by atoms with E-state index in [0.717, 1.165) is 6.26 Å². The number of carbonyl (C=O) groups excluding carboxylic acids is 1. The fourth-order valence-electron chi connectivity index (χ4n) is 1.67. The van der Waals surface area contributed by atoms with Gasteiger partial charge in [-0.25, -0.2) is 4.79 Å². The van der Waals surface area contributed by atoms with Crippen LogP contribution in [0.3, 0.4) is 0 Å². The summed E-state index contributed by atoms with van der Waals surface area (Å²) in [5, 5.41) is 0. The maximum absolute atomic E-state index is 11.8. The normalized spacial score (nSPS) is 19.7. The van der Waals surface area contributed by atoms with Crippen LogP contribution in [0.2, 0.25) is 0 Å². The summed E-state index contributed by atoms with van der Waals surface area (Å²) in [5.41, 5.74) is -1.49. The van der Waals surface area contributed by atoms with Crippen LogP contribution in [-0.2, 0) is 14.3 Å². The van der Waals surface area contributed by atoms with Crippen molar-refractivity contribution in [2.24, 2.45) is 0 Å². The molecule has 0 amide bonds. The minimum atomic E-state index is -4.96. The highest BCUT2D eigenvalue weighted by Gasteiger charge is 2.49. The van der Waals surface area contributed by atoms with Crippen molar-refractivity contribution >= 4 is 5.97 Å². The van der Waals surface area contributed by atoms with Crippen molar-refractivity contribution in [1.82, 2.24) is 0 Å². The average molecular weight is 224 g/mol. The number of carbonyl (C=O) groups is 1. The number of rotatable bonds is 3. The van der Waals surface area contributed by atoms with Gasteiger partial charge in [0.15, 0.2) is 0 Å². The minimum absolute atomic E-state index is 0.230. The van der Waals surface area contributed by atoms with Gasteiger partial charge in [-0.3, -0.25) is 0 Å². The zero-order valence-corrected chi connectivity index (χ0v) is 7.97. The highest BCUT2D eigenvalue weighted by molar-refractivity contribution is 5.80. The Hall–Kier alpha value is -1.20. The van der Waals surface area contributed by atoms with E-state index in [-0.39, 0.29) is 12.8 Å². The molecular formula is C9H11F3O3. The molecule has 1 aliphatic rings. The van der Waals surface area contributed by atoms with Crippen LogP contribution in [-0.4, -0.2) is 17.9 Å². The summed E-state index contributed by atoms with van der Waals surface area (Å²) in [6.45, 7) is 3.24. The van der Waals surface area contributed by atoms with E-state index in [1.165, 1.54) is 0 Å². The van der Waals surface area contributed by atoms with Gasteiger partial charge in [-0.2, -0.15) is 0 Å². The Bertz CT molecular complexity index is 254. The lowest BCUT2D eigenvalue weighted by atomic mass is 10.0. The van der Waals surface area contributed by atoms with E-state index in [4.69, 9.17) is 4.74 Å². The van der Waals surface area contributed by atoms with E-state index in [2.05, 4.69) is 11.3 Å². The van der Waals surface area contributed by atoms with Gasteiger partial charge in [0.05, 0.1) is 6.26 Å². The first-order valence-electron chi connectivity index (χ1n) is 4.48. The molecule has 0 N–H and O–H groups in total. The number of alkyl halides is 3. The molecular weight excluding hydrogens is 213 g/mol. The standard InChI is InChI=1S/C9H11F3O3/c1-2-14-8(5-3-4-6-8)7(13)15-9(10,11)12/h2H,1,3-6H2. The van der Waals surface area contributed by atoms with Gasteiger partial charge in [0, 0.05) is 0 Å². The Balaban J connectivity index is 2.72. The molecule has 0 heterocycles. The maximum atomic E-state index is 11.8. The smallest absolute Gasteiger partial charge is 0.484 e. The Morgan fingerprint density at radius 2 is 1.87 bits per heavy atom. The molecule has 0 saturated heterocycles. The van der Waals surface area contributed by atoms with Crippen molar-refractivity contribution in [2.45, 2.75) is 37.6 Å². The lowest BCUT2D eigenvalue weighted by molar-refractivity contribution is -0.312. The fourth-order valence-corrected chi connectivity index (χ4v) is 1.67. The SMILES string of the molecule is C=COC1(C(=O)OC(F)(F)F)CCCC1. The second-order valence-corrected chi connectivity index (χ2v) is 3.32. The number of ether oxygens (including phenoxy) is 2. The average Bonchev–Trinajstić information content (AvgIpc) is 2.51. The van der Waals surface area contributed by atoms with E-state index in [1.807, 2.05) is 0 Å². The Kier molecular flexibility index (Phi) is 3.26. The van der Waals surface area contributed by atoms with E-state index in [0.29, 0.717) is 12.8 Å². The number of hydrogen-bond acceptors (Lipinski definition) is 3. The predicted molar refractivity (Wildman–Crippen MR) is 44.6 cm³/mol.